The molecule has 0 bridgehead atoms. The summed E-state index contributed by atoms with van der Waals surface area (Å²) in [5.41, 5.74) is 0. The van der Waals surface area contributed by atoms with Crippen LogP contribution in [0.25, 0.3) is 0 Å². The predicted molar refractivity (Wildman–Crippen MR) is 85.2 cm³/mol. The maximum Gasteiger partial charge on any atom is 0.390 e. The van der Waals surface area contributed by atoms with Crippen molar-refractivity contribution in [1.29, 1.82) is 0 Å². The van der Waals surface area contributed by atoms with Crippen LogP contribution in [0.2, 0.25) is 0 Å². The van der Waals surface area contributed by atoms with E-state index in [-0.39, 0.29) is 36.6 Å². The Kier molecular flexibility index (Phi) is 11.1. The average molecular weight is 425 g/mol. The molecule has 0 amide bonds. The van der Waals surface area contributed by atoms with Crippen LogP contribution in [0.3, 0.4) is 0 Å². The van der Waals surface area contributed by atoms with Crippen LogP contribution in [-0.4, -0.2) is 58.2 Å². The van der Waals surface area contributed by atoms with Crippen LogP contribution >= 0.6 is 24.0 Å². The number of nitrogens with zero attached hydrogens (tertiary/aromatic N) is 1. The van der Waals surface area contributed by atoms with Crippen LogP contribution in [0.1, 0.15) is 19.3 Å². The van der Waals surface area contributed by atoms with Crippen LogP contribution in [0, 0.1) is 0 Å². The number of nitrogens with one attached hydrogen (secondary N) is 2. The smallest absolute Gasteiger partial charge is 0.377 e. The van der Waals surface area contributed by atoms with E-state index in [4.69, 9.17) is 9.47 Å². The van der Waals surface area contributed by atoms with Crippen molar-refractivity contribution in [3.63, 3.8) is 0 Å². The van der Waals surface area contributed by atoms with Gasteiger partial charge >= 0.3 is 6.18 Å². The minimum atomic E-state index is -4.16. The van der Waals surface area contributed by atoms with E-state index in [1.807, 2.05) is 0 Å². The SMILES string of the molecule is CN=C(NCCOCC1CCCO1)NCCC(F)(F)F.I. The summed E-state index contributed by atoms with van der Waals surface area (Å²) in [6, 6.07) is 0. The first-order valence-electron chi connectivity index (χ1n) is 6.72. The Hall–Kier alpha value is -0.290. The molecule has 1 saturated heterocycles. The molecule has 0 radical (unpaired) electrons. The summed E-state index contributed by atoms with van der Waals surface area (Å²) in [7, 11) is 1.51. The van der Waals surface area contributed by atoms with Gasteiger partial charge in [-0.05, 0) is 12.8 Å². The molecule has 0 spiro atoms. The molecule has 21 heavy (non-hydrogen) atoms. The largest absolute Gasteiger partial charge is 0.390 e. The van der Waals surface area contributed by atoms with Crippen molar-refractivity contribution < 1.29 is 22.6 Å². The molecule has 1 unspecified atom stereocenters. The zero-order valence-electron chi connectivity index (χ0n) is 12.0. The lowest BCUT2D eigenvalue weighted by Crippen LogP contribution is -2.40. The summed E-state index contributed by atoms with van der Waals surface area (Å²) in [4.78, 5) is 3.83. The Morgan fingerprint density at radius 3 is 2.62 bits per heavy atom. The van der Waals surface area contributed by atoms with E-state index in [1.54, 1.807) is 0 Å². The van der Waals surface area contributed by atoms with Crippen LogP contribution in [0.4, 0.5) is 13.2 Å². The second-order valence-electron chi connectivity index (χ2n) is 4.50. The Morgan fingerprint density at radius 2 is 2.05 bits per heavy atom. The fourth-order valence-electron chi connectivity index (χ4n) is 1.78. The number of rotatable bonds is 7. The Balaban J connectivity index is 0.00000400. The van der Waals surface area contributed by atoms with Crippen LogP contribution in [0.15, 0.2) is 4.99 Å². The van der Waals surface area contributed by atoms with Gasteiger partial charge in [0.1, 0.15) is 0 Å². The average Bonchev–Trinajstić information content (AvgIpc) is 2.88. The first-order chi connectivity index (χ1) is 9.51. The highest BCUT2D eigenvalue weighted by Crippen LogP contribution is 2.18. The standard InChI is InChI=1S/C12H22F3N3O2.HI/c1-16-11(17-5-4-12(13,14)15)18-6-8-19-9-10-3-2-7-20-10;/h10H,2-9H2,1H3,(H2,16,17,18);1H. The number of guanidine groups is 1. The second-order valence-corrected chi connectivity index (χ2v) is 4.50. The van der Waals surface area contributed by atoms with Gasteiger partial charge in [0.15, 0.2) is 5.96 Å². The summed E-state index contributed by atoms with van der Waals surface area (Å²) in [5, 5.41) is 5.48. The van der Waals surface area contributed by atoms with E-state index < -0.39 is 12.6 Å². The topological polar surface area (TPSA) is 54.9 Å². The maximum atomic E-state index is 12.0. The van der Waals surface area contributed by atoms with Gasteiger partial charge in [-0.1, -0.05) is 0 Å². The Bertz CT molecular complexity index is 298. The van der Waals surface area contributed by atoms with Crippen LogP contribution < -0.4 is 10.6 Å². The number of alkyl halides is 3. The molecule has 0 saturated carbocycles. The molecule has 2 N–H and O–H groups in total. The summed E-state index contributed by atoms with van der Waals surface area (Å²) >= 11 is 0. The number of halogens is 4. The first kappa shape index (κ1) is 20.7. The minimum Gasteiger partial charge on any atom is -0.377 e. The zero-order chi connectivity index (χ0) is 14.8. The van der Waals surface area contributed by atoms with E-state index in [2.05, 4.69) is 15.6 Å². The number of hydrogen-bond donors (Lipinski definition) is 2. The Labute approximate surface area is 140 Å². The molecular weight excluding hydrogens is 402 g/mol. The molecule has 9 heteroatoms. The third kappa shape index (κ3) is 11.0. The van der Waals surface area contributed by atoms with Crippen molar-refractivity contribution in [1.82, 2.24) is 10.6 Å². The second kappa shape index (κ2) is 11.3. The van der Waals surface area contributed by atoms with Crippen molar-refractivity contribution in [2.45, 2.75) is 31.5 Å². The molecule has 1 atom stereocenters. The van der Waals surface area contributed by atoms with Gasteiger partial charge in [-0.15, -0.1) is 24.0 Å². The van der Waals surface area contributed by atoms with Gasteiger partial charge in [0.25, 0.3) is 0 Å². The molecule has 5 nitrogen and oxygen atoms in total. The summed E-state index contributed by atoms with van der Waals surface area (Å²) in [6.07, 6.45) is -2.77. The van der Waals surface area contributed by atoms with E-state index >= 15 is 0 Å². The van der Waals surface area contributed by atoms with Gasteiger partial charge in [-0.3, -0.25) is 4.99 Å². The van der Waals surface area contributed by atoms with Gasteiger partial charge in [-0.25, -0.2) is 0 Å². The monoisotopic (exact) mass is 425 g/mol. The lowest BCUT2D eigenvalue weighted by Gasteiger charge is -2.14. The van der Waals surface area contributed by atoms with Crippen molar-refractivity contribution in [3.05, 3.63) is 0 Å². The summed E-state index contributed by atoms with van der Waals surface area (Å²) in [6.45, 7) is 2.10. The fraction of sp³-hybridized carbons (Fsp3) is 0.917. The predicted octanol–water partition coefficient (Wildman–Crippen LogP) is 1.92. The molecule has 0 aliphatic carbocycles. The number of aliphatic imine (C=N–C) groups is 1. The Morgan fingerprint density at radius 1 is 1.33 bits per heavy atom. The lowest BCUT2D eigenvalue weighted by atomic mass is 10.2. The van der Waals surface area contributed by atoms with Crippen molar-refractivity contribution in [3.8, 4) is 0 Å². The van der Waals surface area contributed by atoms with E-state index in [0.717, 1.165) is 19.4 Å². The van der Waals surface area contributed by atoms with Crippen LogP contribution in [0.5, 0.6) is 0 Å². The highest BCUT2D eigenvalue weighted by atomic mass is 127. The van der Waals surface area contributed by atoms with E-state index in [1.165, 1.54) is 7.05 Å². The normalized spacial score (nSPS) is 19.2. The third-order valence-electron chi connectivity index (χ3n) is 2.79. The lowest BCUT2D eigenvalue weighted by molar-refractivity contribution is -0.132. The molecule has 1 aliphatic heterocycles. The van der Waals surface area contributed by atoms with Gasteiger partial charge in [0.2, 0.25) is 0 Å². The van der Waals surface area contributed by atoms with Crippen molar-refractivity contribution in [2.75, 3.05) is 40.0 Å². The minimum absolute atomic E-state index is 0. The van der Waals surface area contributed by atoms with Gasteiger partial charge in [0, 0.05) is 26.7 Å². The first-order valence-corrected chi connectivity index (χ1v) is 6.72. The van der Waals surface area contributed by atoms with Gasteiger partial charge in [0.05, 0.1) is 25.7 Å². The summed E-state index contributed by atoms with van der Waals surface area (Å²) < 4.78 is 46.8. The molecule has 1 rings (SSSR count). The molecule has 1 fully saturated rings. The molecule has 0 aromatic rings. The molecule has 1 aliphatic rings. The molecular formula is C12H23F3IN3O2. The highest BCUT2D eigenvalue weighted by Gasteiger charge is 2.26. The molecule has 0 aromatic carbocycles. The zero-order valence-corrected chi connectivity index (χ0v) is 14.4. The summed E-state index contributed by atoms with van der Waals surface area (Å²) in [5.74, 6) is 0.343. The van der Waals surface area contributed by atoms with E-state index in [9.17, 15) is 13.2 Å². The quantitative estimate of drug-likeness (QED) is 0.283. The fourth-order valence-corrected chi connectivity index (χ4v) is 1.78. The van der Waals surface area contributed by atoms with Crippen LogP contribution in [-0.2, 0) is 9.47 Å². The number of ether oxygens (including phenoxy) is 2. The van der Waals surface area contributed by atoms with Gasteiger partial charge in [-0.2, -0.15) is 13.2 Å². The van der Waals surface area contributed by atoms with Gasteiger partial charge < -0.3 is 20.1 Å². The van der Waals surface area contributed by atoms with Crippen molar-refractivity contribution in [2.24, 2.45) is 4.99 Å². The third-order valence-corrected chi connectivity index (χ3v) is 2.79. The molecule has 126 valence electrons. The van der Waals surface area contributed by atoms with E-state index in [0.29, 0.717) is 25.7 Å². The molecule has 1 heterocycles. The highest BCUT2D eigenvalue weighted by molar-refractivity contribution is 14.0. The molecule has 0 aromatic heterocycles. The maximum absolute atomic E-state index is 12.0. The van der Waals surface area contributed by atoms with Crippen molar-refractivity contribution >= 4 is 29.9 Å². The number of hydrogen-bond acceptors (Lipinski definition) is 3.